The number of nitrogens with one attached hydrogen (secondary N) is 1. The number of amides is 1. The topological polar surface area (TPSA) is 68.3 Å². The highest BCUT2D eigenvalue weighted by Gasteiger charge is 2.25. The molecule has 0 radical (unpaired) electrons. The number of anilines is 1. The van der Waals surface area contributed by atoms with Crippen LogP contribution in [0.25, 0.3) is 11.3 Å². The Balaban J connectivity index is 1.75. The molecule has 5 nitrogen and oxygen atoms in total. The van der Waals surface area contributed by atoms with Gasteiger partial charge in [0, 0.05) is 5.56 Å². The van der Waals surface area contributed by atoms with Gasteiger partial charge in [0.25, 0.3) is 5.91 Å². The Labute approximate surface area is 164 Å². The van der Waals surface area contributed by atoms with Crippen LogP contribution in [-0.4, -0.2) is 23.0 Å². The molecule has 0 saturated carbocycles. The fourth-order valence-electron chi connectivity index (χ4n) is 2.47. The van der Waals surface area contributed by atoms with Crippen LogP contribution < -0.4 is 5.32 Å². The van der Waals surface area contributed by atoms with E-state index in [0.29, 0.717) is 10.7 Å². The second-order valence-electron chi connectivity index (χ2n) is 5.91. The summed E-state index contributed by atoms with van der Waals surface area (Å²) in [7, 11) is 0. The summed E-state index contributed by atoms with van der Waals surface area (Å²) in [4.78, 5) is 29.4. The van der Waals surface area contributed by atoms with Crippen molar-refractivity contribution in [3.8, 4) is 11.3 Å². The van der Waals surface area contributed by atoms with E-state index in [0.717, 1.165) is 29.0 Å². The van der Waals surface area contributed by atoms with E-state index in [2.05, 4.69) is 10.3 Å². The maximum atomic E-state index is 13.7. The number of carbonyl (C=O) groups excluding carboxylic acids is 2. The number of aryl methyl sites for hydroxylation is 1. The first-order valence-corrected chi connectivity index (χ1v) is 9.17. The molecule has 0 aliphatic rings. The first kappa shape index (κ1) is 19.6. The quantitative estimate of drug-likeness (QED) is 0.635. The molecule has 0 unspecified atom stereocenters. The Kier molecular flexibility index (Phi) is 5.79. The van der Waals surface area contributed by atoms with E-state index < -0.39 is 35.3 Å². The molecule has 8 heteroatoms. The molecule has 1 atom stereocenters. The molecular formula is C20H16F2N2O3S. The van der Waals surface area contributed by atoms with Gasteiger partial charge in [0.15, 0.2) is 6.10 Å². The number of carbonyl (C=O) groups is 2. The SMILES string of the molecule is Cc1nc(-c2ccccc2)c(C(=O)O[C@@H](C)C(=O)Nc2c(F)cccc2F)s1. The van der Waals surface area contributed by atoms with Crippen molar-refractivity contribution in [2.75, 3.05) is 5.32 Å². The molecule has 2 aromatic carbocycles. The van der Waals surface area contributed by atoms with Crippen molar-refractivity contribution in [2.45, 2.75) is 20.0 Å². The average molecular weight is 402 g/mol. The summed E-state index contributed by atoms with van der Waals surface area (Å²) in [5.74, 6) is -3.42. The highest BCUT2D eigenvalue weighted by atomic mass is 32.1. The number of halogens is 2. The number of para-hydroxylation sites is 1. The molecule has 1 N–H and O–H groups in total. The molecule has 3 rings (SSSR count). The van der Waals surface area contributed by atoms with Crippen LogP contribution in [0.3, 0.4) is 0 Å². The van der Waals surface area contributed by atoms with E-state index >= 15 is 0 Å². The summed E-state index contributed by atoms with van der Waals surface area (Å²) in [5, 5.41) is 2.77. The van der Waals surface area contributed by atoms with Gasteiger partial charge in [-0.25, -0.2) is 18.6 Å². The van der Waals surface area contributed by atoms with Crippen LogP contribution in [0.15, 0.2) is 48.5 Å². The number of hydrogen-bond acceptors (Lipinski definition) is 5. The molecule has 144 valence electrons. The molecule has 0 aliphatic heterocycles. The lowest BCUT2D eigenvalue weighted by Gasteiger charge is -2.14. The molecular weight excluding hydrogens is 386 g/mol. The second kappa shape index (κ2) is 8.26. The van der Waals surface area contributed by atoms with E-state index in [1.165, 1.54) is 13.0 Å². The average Bonchev–Trinajstić information content (AvgIpc) is 3.07. The Morgan fingerprint density at radius 2 is 1.71 bits per heavy atom. The van der Waals surface area contributed by atoms with Crippen molar-refractivity contribution < 1.29 is 23.1 Å². The fraction of sp³-hybridized carbons (Fsp3) is 0.150. The number of aromatic nitrogens is 1. The summed E-state index contributed by atoms with van der Waals surface area (Å²) in [6, 6.07) is 12.3. The maximum Gasteiger partial charge on any atom is 0.351 e. The van der Waals surface area contributed by atoms with Crippen molar-refractivity contribution in [3.63, 3.8) is 0 Å². The van der Waals surface area contributed by atoms with Gasteiger partial charge in [-0.15, -0.1) is 11.3 Å². The van der Waals surface area contributed by atoms with Crippen molar-refractivity contribution >= 4 is 28.9 Å². The molecule has 0 saturated heterocycles. The van der Waals surface area contributed by atoms with Gasteiger partial charge in [0.2, 0.25) is 0 Å². The lowest BCUT2D eigenvalue weighted by molar-refractivity contribution is -0.123. The summed E-state index contributed by atoms with van der Waals surface area (Å²) in [6.07, 6.45) is -1.27. The highest BCUT2D eigenvalue weighted by Crippen LogP contribution is 2.29. The lowest BCUT2D eigenvalue weighted by Crippen LogP contribution is -2.30. The molecule has 1 amide bonds. The van der Waals surface area contributed by atoms with Gasteiger partial charge in [-0.2, -0.15) is 0 Å². The summed E-state index contributed by atoms with van der Waals surface area (Å²) in [6.45, 7) is 3.08. The van der Waals surface area contributed by atoms with Crippen LogP contribution in [0.1, 0.15) is 21.6 Å². The van der Waals surface area contributed by atoms with Crippen LogP contribution in [0.2, 0.25) is 0 Å². The number of rotatable bonds is 5. The monoisotopic (exact) mass is 402 g/mol. The van der Waals surface area contributed by atoms with Gasteiger partial charge < -0.3 is 10.1 Å². The number of ether oxygens (including phenoxy) is 1. The molecule has 1 heterocycles. The van der Waals surface area contributed by atoms with E-state index in [1.54, 1.807) is 6.92 Å². The molecule has 0 aliphatic carbocycles. The molecule has 0 bridgehead atoms. The van der Waals surface area contributed by atoms with Crippen LogP contribution >= 0.6 is 11.3 Å². The van der Waals surface area contributed by atoms with Crippen molar-refractivity contribution in [1.29, 1.82) is 0 Å². The van der Waals surface area contributed by atoms with Crippen LogP contribution in [-0.2, 0) is 9.53 Å². The predicted octanol–water partition coefficient (Wildman–Crippen LogP) is 4.58. The first-order valence-electron chi connectivity index (χ1n) is 8.35. The first-order chi connectivity index (χ1) is 13.4. The summed E-state index contributed by atoms with van der Waals surface area (Å²) in [5.41, 5.74) is 0.610. The Hall–Kier alpha value is -3.13. The van der Waals surface area contributed by atoms with Crippen LogP contribution in [0.5, 0.6) is 0 Å². The Morgan fingerprint density at radius 3 is 2.36 bits per heavy atom. The van der Waals surface area contributed by atoms with E-state index in [4.69, 9.17) is 4.74 Å². The molecule has 0 fully saturated rings. The third-order valence-corrected chi connectivity index (χ3v) is 4.78. The molecule has 1 aromatic heterocycles. The zero-order valence-electron chi connectivity index (χ0n) is 15.0. The Morgan fingerprint density at radius 1 is 1.07 bits per heavy atom. The fourth-order valence-corrected chi connectivity index (χ4v) is 3.29. The largest absolute Gasteiger partial charge is 0.448 e. The van der Waals surface area contributed by atoms with Gasteiger partial charge in [-0.05, 0) is 26.0 Å². The summed E-state index contributed by atoms with van der Waals surface area (Å²) < 4.78 is 32.6. The van der Waals surface area contributed by atoms with Crippen molar-refractivity contribution in [2.24, 2.45) is 0 Å². The molecule has 0 spiro atoms. The standard InChI is InChI=1S/C20H16F2N2O3S/c1-11(19(25)24-17-14(21)9-6-10-15(17)22)27-20(26)18-16(23-12(2)28-18)13-7-4-3-5-8-13/h3-11H,1-2H3,(H,24,25)/t11-/m0/s1. The Bertz CT molecular complexity index is 1000. The van der Waals surface area contributed by atoms with Crippen LogP contribution in [0.4, 0.5) is 14.5 Å². The van der Waals surface area contributed by atoms with E-state index in [-0.39, 0.29) is 4.88 Å². The van der Waals surface area contributed by atoms with Gasteiger partial charge in [0.05, 0.1) is 10.7 Å². The minimum absolute atomic E-state index is 0.250. The zero-order valence-corrected chi connectivity index (χ0v) is 15.8. The molecule has 28 heavy (non-hydrogen) atoms. The van der Waals surface area contributed by atoms with Crippen molar-refractivity contribution in [3.05, 3.63) is 70.1 Å². The second-order valence-corrected chi connectivity index (χ2v) is 7.11. The van der Waals surface area contributed by atoms with E-state index in [9.17, 15) is 18.4 Å². The summed E-state index contributed by atoms with van der Waals surface area (Å²) >= 11 is 1.14. The number of nitrogens with zero attached hydrogens (tertiary/aromatic N) is 1. The smallest absolute Gasteiger partial charge is 0.351 e. The minimum atomic E-state index is -1.27. The number of benzene rings is 2. The van der Waals surface area contributed by atoms with E-state index in [1.807, 2.05) is 30.3 Å². The van der Waals surface area contributed by atoms with Gasteiger partial charge >= 0.3 is 5.97 Å². The zero-order chi connectivity index (χ0) is 20.3. The maximum absolute atomic E-state index is 13.7. The van der Waals surface area contributed by atoms with Gasteiger partial charge in [-0.1, -0.05) is 36.4 Å². The van der Waals surface area contributed by atoms with Crippen LogP contribution in [0, 0.1) is 18.6 Å². The number of esters is 1. The number of hydrogen-bond donors (Lipinski definition) is 1. The third kappa shape index (κ3) is 4.23. The predicted molar refractivity (Wildman–Crippen MR) is 102 cm³/mol. The van der Waals surface area contributed by atoms with Crippen molar-refractivity contribution in [1.82, 2.24) is 4.98 Å². The number of thiazole rings is 1. The van der Waals surface area contributed by atoms with Gasteiger partial charge in [-0.3, -0.25) is 4.79 Å². The highest BCUT2D eigenvalue weighted by molar-refractivity contribution is 7.14. The van der Waals surface area contributed by atoms with Gasteiger partial charge in [0.1, 0.15) is 22.2 Å². The minimum Gasteiger partial charge on any atom is -0.448 e. The normalized spacial score (nSPS) is 11.7. The molecule has 3 aromatic rings. The third-order valence-electron chi connectivity index (χ3n) is 3.83. The lowest BCUT2D eigenvalue weighted by atomic mass is 10.1.